The van der Waals surface area contributed by atoms with E-state index in [1.54, 1.807) is 27.1 Å². The molecule has 0 aromatic carbocycles. The van der Waals surface area contributed by atoms with Crippen molar-refractivity contribution in [1.82, 2.24) is 25.0 Å². The minimum Gasteiger partial charge on any atom is -0.339 e. The van der Waals surface area contributed by atoms with Gasteiger partial charge in [0.15, 0.2) is 0 Å². The van der Waals surface area contributed by atoms with Crippen LogP contribution in [-0.4, -0.2) is 45.7 Å². The summed E-state index contributed by atoms with van der Waals surface area (Å²) in [4.78, 5) is 18.7. The zero-order valence-electron chi connectivity index (χ0n) is 12.2. The fourth-order valence-electron chi connectivity index (χ4n) is 2.81. The van der Waals surface area contributed by atoms with Gasteiger partial charge in [0.1, 0.15) is 5.01 Å². The predicted octanol–water partition coefficient (Wildman–Crippen LogP) is 0.838. The highest BCUT2D eigenvalue weighted by atomic mass is 32.1. The molecule has 0 aliphatic carbocycles. The summed E-state index contributed by atoms with van der Waals surface area (Å²) in [6, 6.07) is 0. The molecular formula is C14H19N5OS. The number of thiazole rings is 1. The van der Waals surface area contributed by atoms with Crippen LogP contribution in [-0.2, 0) is 18.4 Å². The van der Waals surface area contributed by atoms with Gasteiger partial charge in [-0.1, -0.05) is 0 Å². The molecule has 0 unspecified atom stereocenters. The monoisotopic (exact) mass is 305 g/mol. The van der Waals surface area contributed by atoms with Gasteiger partial charge in [-0.3, -0.25) is 9.48 Å². The van der Waals surface area contributed by atoms with E-state index in [0.29, 0.717) is 6.54 Å². The maximum absolute atomic E-state index is 12.7. The minimum absolute atomic E-state index is 0.0286. The molecule has 1 aliphatic rings. The number of nitrogens with zero attached hydrogens (tertiary/aromatic N) is 4. The Balaban J connectivity index is 1.70. The van der Waals surface area contributed by atoms with Crippen molar-refractivity contribution in [2.45, 2.75) is 12.5 Å². The maximum atomic E-state index is 12.7. The maximum Gasteiger partial charge on any atom is 0.227 e. The summed E-state index contributed by atoms with van der Waals surface area (Å²) in [5.74, 6) is 0.341. The van der Waals surface area contributed by atoms with Crippen molar-refractivity contribution in [2.24, 2.45) is 13.0 Å². The van der Waals surface area contributed by atoms with Crippen LogP contribution >= 0.6 is 11.3 Å². The number of aromatic nitrogens is 3. The van der Waals surface area contributed by atoms with Crippen LogP contribution in [0.2, 0.25) is 0 Å². The first-order chi connectivity index (χ1) is 10.1. The van der Waals surface area contributed by atoms with E-state index in [0.717, 1.165) is 23.7 Å². The van der Waals surface area contributed by atoms with Gasteiger partial charge in [-0.05, 0) is 5.56 Å². The van der Waals surface area contributed by atoms with Crippen molar-refractivity contribution in [2.75, 3.05) is 20.1 Å². The average Bonchev–Trinajstić information content (AvgIpc) is 3.17. The molecule has 0 spiro atoms. The summed E-state index contributed by atoms with van der Waals surface area (Å²) >= 11 is 1.58. The van der Waals surface area contributed by atoms with Crippen molar-refractivity contribution in [3.8, 4) is 0 Å². The first kappa shape index (κ1) is 14.2. The van der Waals surface area contributed by atoms with Crippen LogP contribution in [0.4, 0.5) is 0 Å². The summed E-state index contributed by atoms with van der Waals surface area (Å²) in [5.41, 5.74) is 1.13. The Morgan fingerprint density at radius 3 is 3.10 bits per heavy atom. The van der Waals surface area contributed by atoms with E-state index in [4.69, 9.17) is 0 Å². The lowest BCUT2D eigenvalue weighted by atomic mass is 9.90. The molecule has 1 aliphatic heterocycles. The first-order valence-electron chi connectivity index (χ1n) is 6.97. The summed E-state index contributed by atoms with van der Waals surface area (Å²) in [6.07, 6.45) is 5.63. The quantitative estimate of drug-likeness (QED) is 0.909. The largest absolute Gasteiger partial charge is 0.339 e. The molecule has 7 heteroatoms. The molecule has 2 aromatic heterocycles. The second kappa shape index (κ2) is 5.95. The number of hydrogen-bond donors (Lipinski definition) is 1. The fourth-order valence-corrected chi connectivity index (χ4v) is 3.48. The van der Waals surface area contributed by atoms with Crippen LogP contribution in [0.3, 0.4) is 0 Å². The Bertz CT molecular complexity index is 609. The van der Waals surface area contributed by atoms with Gasteiger partial charge < -0.3 is 10.2 Å². The molecule has 1 saturated heterocycles. The number of aryl methyl sites for hydroxylation is 1. The van der Waals surface area contributed by atoms with Gasteiger partial charge in [-0.25, -0.2) is 4.98 Å². The molecule has 2 atom stereocenters. The van der Waals surface area contributed by atoms with Crippen molar-refractivity contribution >= 4 is 17.2 Å². The lowest BCUT2D eigenvalue weighted by Crippen LogP contribution is -2.35. The molecule has 0 bridgehead atoms. The highest BCUT2D eigenvalue weighted by Crippen LogP contribution is 2.29. The van der Waals surface area contributed by atoms with Gasteiger partial charge in [0.2, 0.25) is 5.91 Å². The minimum atomic E-state index is -0.0286. The molecule has 3 heterocycles. The van der Waals surface area contributed by atoms with E-state index >= 15 is 0 Å². The molecule has 112 valence electrons. The smallest absolute Gasteiger partial charge is 0.227 e. The molecule has 1 N–H and O–H groups in total. The standard InChI is InChI=1S/C14H19N5OS/c1-18(9-13-16-3-4-21-13)14(20)12-7-15-6-11(12)10-5-17-19(2)8-10/h3-5,8,11-12,15H,6-7,9H2,1-2H3/t11-,12+/m1/s1. The third kappa shape index (κ3) is 2.98. The molecule has 0 saturated carbocycles. The molecule has 6 nitrogen and oxygen atoms in total. The molecular weight excluding hydrogens is 286 g/mol. The number of hydrogen-bond acceptors (Lipinski definition) is 5. The summed E-state index contributed by atoms with van der Waals surface area (Å²) in [7, 11) is 3.75. The van der Waals surface area contributed by atoms with E-state index in [1.807, 2.05) is 31.9 Å². The van der Waals surface area contributed by atoms with E-state index in [1.165, 1.54) is 0 Å². The molecule has 2 aromatic rings. The van der Waals surface area contributed by atoms with Crippen LogP contribution in [0.15, 0.2) is 24.0 Å². The number of amides is 1. The van der Waals surface area contributed by atoms with Crippen LogP contribution in [0, 0.1) is 5.92 Å². The summed E-state index contributed by atoms with van der Waals surface area (Å²) in [6.45, 7) is 2.13. The zero-order valence-corrected chi connectivity index (χ0v) is 13.0. The third-order valence-corrected chi connectivity index (χ3v) is 4.68. The van der Waals surface area contributed by atoms with Gasteiger partial charge in [0, 0.05) is 50.9 Å². The molecule has 1 amide bonds. The topological polar surface area (TPSA) is 63.1 Å². The van der Waals surface area contributed by atoms with Crippen LogP contribution in [0.1, 0.15) is 16.5 Å². The van der Waals surface area contributed by atoms with Gasteiger partial charge in [0.25, 0.3) is 0 Å². The van der Waals surface area contributed by atoms with E-state index in [-0.39, 0.29) is 17.7 Å². The molecule has 1 fully saturated rings. The molecule has 3 rings (SSSR count). The number of nitrogens with one attached hydrogen (secondary N) is 1. The van der Waals surface area contributed by atoms with E-state index in [9.17, 15) is 4.79 Å². The van der Waals surface area contributed by atoms with Crippen LogP contribution in [0.25, 0.3) is 0 Å². The van der Waals surface area contributed by atoms with Crippen molar-refractivity contribution in [3.63, 3.8) is 0 Å². The Morgan fingerprint density at radius 1 is 1.57 bits per heavy atom. The van der Waals surface area contributed by atoms with Gasteiger partial charge >= 0.3 is 0 Å². The summed E-state index contributed by atoms with van der Waals surface area (Å²) < 4.78 is 1.79. The Hall–Kier alpha value is -1.73. The lowest BCUT2D eigenvalue weighted by Gasteiger charge is -2.23. The average molecular weight is 305 g/mol. The van der Waals surface area contributed by atoms with Crippen LogP contribution < -0.4 is 5.32 Å². The van der Waals surface area contributed by atoms with Crippen LogP contribution in [0.5, 0.6) is 0 Å². The normalized spacial score (nSPS) is 21.6. The number of carbonyl (C=O) groups is 1. The van der Waals surface area contributed by atoms with Gasteiger partial charge in [0.05, 0.1) is 18.7 Å². The second-order valence-corrected chi connectivity index (χ2v) is 6.42. The number of carbonyl (C=O) groups excluding carboxylic acids is 1. The van der Waals surface area contributed by atoms with E-state index < -0.39 is 0 Å². The fraction of sp³-hybridized carbons (Fsp3) is 0.500. The molecule has 0 radical (unpaired) electrons. The molecule has 21 heavy (non-hydrogen) atoms. The number of rotatable bonds is 4. The van der Waals surface area contributed by atoms with Gasteiger partial charge in [-0.15, -0.1) is 11.3 Å². The highest BCUT2D eigenvalue weighted by Gasteiger charge is 2.36. The summed E-state index contributed by atoms with van der Waals surface area (Å²) in [5, 5.41) is 10.4. The first-order valence-corrected chi connectivity index (χ1v) is 7.85. The second-order valence-electron chi connectivity index (χ2n) is 5.44. The highest BCUT2D eigenvalue weighted by molar-refractivity contribution is 7.09. The Kier molecular flexibility index (Phi) is 4.03. The van der Waals surface area contributed by atoms with Crippen molar-refractivity contribution in [1.29, 1.82) is 0 Å². The zero-order chi connectivity index (χ0) is 14.8. The lowest BCUT2D eigenvalue weighted by molar-refractivity contribution is -0.134. The SMILES string of the molecule is CN(Cc1nccs1)C(=O)[C@H]1CNC[C@@H]1c1cnn(C)c1. The third-order valence-electron chi connectivity index (χ3n) is 3.92. The van der Waals surface area contributed by atoms with Crippen molar-refractivity contribution in [3.05, 3.63) is 34.5 Å². The predicted molar refractivity (Wildman–Crippen MR) is 80.9 cm³/mol. The van der Waals surface area contributed by atoms with Crippen molar-refractivity contribution < 1.29 is 4.79 Å². The van der Waals surface area contributed by atoms with Gasteiger partial charge in [-0.2, -0.15) is 5.10 Å². The Morgan fingerprint density at radius 2 is 2.43 bits per heavy atom. The van der Waals surface area contributed by atoms with E-state index in [2.05, 4.69) is 15.4 Å². The Labute approximate surface area is 127 Å².